The van der Waals surface area contributed by atoms with Gasteiger partial charge in [-0.25, -0.2) is 0 Å². The first-order chi connectivity index (χ1) is 12.4. The van der Waals surface area contributed by atoms with Crippen LogP contribution in [0.4, 0.5) is 6.01 Å². The molecule has 0 spiro atoms. The van der Waals surface area contributed by atoms with Crippen LogP contribution in [-0.4, -0.2) is 23.8 Å². The normalized spacial score (nSPS) is 13.9. The Hall–Kier alpha value is -3.42. The van der Waals surface area contributed by atoms with Crippen molar-refractivity contribution in [3.8, 4) is 34.5 Å². The maximum Gasteiger partial charge on any atom is 0.316 e. The van der Waals surface area contributed by atoms with Gasteiger partial charge in [-0.05, 0) is 24.3 Å². The molecule has 2 aliphatic rings. The molecule has 2 aromatic carbocycles. The zero-order chi connectivity index (χ0) is 16.6. The summed E-state index contributed by atoms with van der Waals surface area (Å²) in [4.78, 5) is 0. The fourth-order valence-corrected chi connectivity index (χ4v) is 2.74. The molecule has 8 nitrogen and oxygen atoms in total. The molecule has 3 aromatic rings. The minimum absolute atomic E-state index is 0.225. The zero-order valence-electron chi connectivity index (χ0n) is 13.0. The monoisotopic (exact) mass is 339 g/mol. The fraction of sp³-hybridized carbons (Fsp3) is 0.176. The van der Waals surface area contributed by atoms with Gasteiger partial charge in [-0.2, -0.15) is 0 Å². The Morgan fingerprint density at radius 1 is 0.880 bits per heavy atom. The van der Waals surface area contributed by atoms with E-state index in [9.17, 15) is 0 Å². The molecule has 25 heavy (non-hydrogen) atoms. The lowest BCUT2D eigenvalue weighted by Gasteiger charge is -2.05. The van der Waals surface area contributed by atoms with Crippen molar-refractivity contribution in [2.24, 2.45) is 0 Å². The zero-order valence-corrected chi connectivity index (χ0v) is 13.0. The molecule has 8 heteroatoms. The van der Waals surface area contributed by atoms with E-state index in [1.54, 1.807) is 0 Å². The molecule has 0 radical (unpaired) electrons. The number of hydrogen-bond donors (Lipinski definition) is 1. The van der Waals surface area contributed by atoms with E-state index in [1.807, 2.05) is 36.4 Å². The molecule has 2 aliphatic heterocycles. The lowest BCUT2D eigenvalue weighted by atomic mass is 10.2. The van der Waals surface area contributed by atoms with E-state index in [2.05, 4.69) is 15.5 Å². The Bertz CT molecular complexity index is 940. The molecule has 126 valence electrons. The van der Waals surface area contributed by atoms with Crippen LogP contribution in [-0.2, 0) is 6.54 Å². The summed E-state index contributed by atoms with van der Waals surface area (Å²) in [7, 11) is 0. The summed E-state index contributed by atoms with van der Waals surface area (Å²) >= 11 is 0. The second kappa shape index (κ2) is 5.59. The summed E-state index contributed by atoms with van der Waals surface area (Å²) < 4.78 is 27.2. The molecule has 0 bridgehead atoms. The predicted octanol–water partition coefficient (Wildman–Crippen LogP) is 2.81. The van der Waals surface area contributed by atoms with Gasteiger partial charge >= 0.3 is 6.01 Å². The van der Waals surface area contributed by atoms with E-state index in [-0.39, 0.29) is 13.6 Å². The predicted molar refractivity (Wildman–Crippen MR) is 85.7 cm³/mol. The highest BCUT2D eigenvalue weighted by Crippen LogP contribution is 2.37. The number of fused-ring (bicyclic) bond motifs is 2. The first kappa shape index (κ1) is 14.0. The highest BCUT2D eigenvalue weighted by Gasteiger charge is 2.19. The largest absolute Gasteiger partial charge is 0.454 e. The summed E-state index contributed by atoms with van der Waals surface area (Å²) in [5, 5.41) is 11.2. The van der Waals surface area contributed by atoms with E-state index in [0.29, 0.717) is 29.9 Å². The summed E-state index contributed by atoms with van der Waals surface area (Å²) in [6, 6.07) is 11.5. The quantitative estimate of drug-likeness (QED) is 0.776. The number of nitrogens with one attached hydrogen (secondary N) is 1. The molecule has 5 rings (SSSR count). The average molecular weight is 339 g/mol. The van der Waals surface area contributed by atoms with Crippen LogP contribution < -0.4 is 24.3 Å². The summed E-state index contributed by atoms with van der Waals surface area (Å²) in [6.07, 6.45) is 0. The average Bonchev–Trinajstić information content (AvgIpc) is 3.38. The van der Waals surface area contributed by atoms with Crippen LogP contribution in [0.1, 0.15) is 5.56 Å². The lowest BCUT2D eigenvalue weighted by molar-refractivity contribution is 0.173. The lowest BCUT2D eigenvalue weighted by Crippen LogP contribution is -2.01. The third-order valence-corrected chi connectivity index (χ3v) is 3.95. The van der Waals surface area contributed by atoms with Crippen molar-refractivity contribution in [3.05, 3.63) is 42.0 Å². The first-order valence-corrected chi connectivity index (χ1v) is 7.72. The number of para-hydroxylation sites is 1. The van der Waals surface area contributed by atoms with E-state index in [4.69, 9.17) is 23.4 Å². The molecule has 0 unspecified atom stereocenters. The number of aromatic nitrogens is 2. The molecule has 0 saturated heterocycles. The Balaban J connectivity index is 1.33. The Kier molecular flexibility index (Phi) is 3.12. The minimum atomic E-state index is 0.225. The van der Waals surface area contributed by atoms with E-state index in [0.717, 1.165) is 22.6 Å². The van der Waals surface area contributed by atoms with Gasteiger partial charge in [0.2, 0.25) is 19.5 Å². The Morgan fingerprint density at radius 3 is 2.76 bits per heavy atom. The molecular formula is C17H13N3O5. The van der Waals surface area contributed by atoms with Gasteiger partial charge in [0.1, 0.15) is 0 Å². The molecule has 0 fully saturated rings. The molecule has 3 heterocycles. The number of anilines is 1. The maximum absolute atomic E-state index is 5.67. The van der Waals surface area contributed by atoms with Gasteiger partial charge in [-0.3, -0.25) is 0 Å². The highest BCUT2D eigenvalue weighted by molar-refractivity contribution is 5.60. The third kappa shape index (κ3) is 2.47. The van der Waals surface area contributed by atoms with Crippen LogP contribution in [0.3, 0.4) is 0 Å². The smallest absolute Gasteiger partial charge is 0.316 e. The molecule has 0 saturated carbocycles. The molecule has 0 aliphatic carbocycles. The van der Waals surface area contributed by atoms with Crippen molar-refractivity contribution in [2.45, 2.75) is 6.54 Å². The topological polar surface area (TPSA) is 87.9 Å². The molecule has 1 aromatic heterocycles. The highest BCUT2D eigenvalue weighted by atomic mass is 16.7. The van der Waals surface area contributed by atoms with Gasteiger partial charge in [-0.1, -0.05) is 17.2 Å². The van der Waals surface area contributed by atoms with Crippen molar-refractivity contribution < 1.29 is 23.4 Å². The van der Waals surface area contributed by atoms with Crippen LogP contribution in [0.15, 0.2) is 40.8 Å². The van der Waals surface area contributed by atoms with Gasteiger partial charge < -0.3 is 28.7 Å². The summed E-state index contributed by atoms with van der Waals surface area (Å²) in [6.45, 7) is 0.944. The Morgan fingerprint density at radius 2 is 1.76 bits per heavy atom. The molecule has 0 atom stereocenters. The van der Waals surface area contributed by atoms with Crippen LogP contribution >= 0.6 is 0 Å². The van der Waals surface area contributed by atoms with Crippen molar-refractivity contribution in [1.29, 1.82) is 0 Å². The number of benzene rings is 2. The fourth-order valence-electron chi connectivity index (χ4n) is 2.74. The molecular weight excluding hydrogens is 326 g/mol. The number of rotatable bonds is 4. The van der Waals surface area contributed by atoms with Gasteiger partial charge in [0.05, 0.1) is 0 Å². The van der Waals surface area contributed by atoms with Crippen LogP contribution in [0.25, 0.3) is 11.5 Å². The van der Waals surface area contributed by atoms with Crippen molar-refractivity contribution in [2.75, 3.05) is 18.9 Å². The van der Waals surface area contributed by atoms with Gasteiger partial charge in [0.25, 0.3) is 0 Å². The van der Waals surface area contributed by atoms with Gasteiger partial charge in [0, 0.05) is 17.7 Å². The van der Waals surface area contributed by atoms with E-state index >= 15 is 0 Å². The second-order valence-corrected chi connectivity index (χ2v) is 5.48. The van der Waals surface area contributed by atoms with Crippen LogP contribution in [0, 0.1) is 0 Å². The third-order valence-electron chi connectivity index (χ3n) is 3.95. The number of hydrogen-bond acceptors (Lipinski definition) is 8. The minimum Gasteiger partial charge on any atom is -0.454 e. The second-order valence-electron chi connectivity index (χ2n) is 5.48. The van der Waals surface area contributed by atoms with Gasteiger partial charge in [0.15, 0.2) is 23.0 Å². The Labute approximate surface area is 142 Å². The van der Waals surface area contributed by atoms with Gasteiger partial charge in [-0.15, -0.1) is 5.10 Å². The molecule has 0 amide bonds. The first-order valence-electron chi connectivity index (χ1n) is 7.72. The van der Waals surface area contributed by atoms with Crippen molar-refractivity contribution >= 4 is 6.01 Å². The summed E-state index contributed by atoms with van der Waals surface area (Å²) in [5.41, 5.74) is 1.72. The van der Waals surface area contributed by atoms with E-state index in [1.165, 1.54) is 0 Å². The van der Waals surface area contributed by atoms with Crippen LogP contribution in [0.5, 0.6) is 23.0 Å². The number of nitrogens with zero attached hydrogens (tertiary/aromatic N) is 2. The van der Waals surface area contributed by atoms with Crippen molar-refractivity contribution in [3.63, 3.8) is 0 Å². The number of ether oxygens (including phenoxy) is 4. The van der Waals surface area contributed by atoms with Crippen LogP contribution in [0.2, 0.25) is 0 Å². The van der Waals surface area contributed by atoms with Crippen molar-refractivity contribution in [1.82, 2.24) is 10.2 Å². The van der Waals surface area contributed by atoms with E-state index < -0.39 is 0 Å². The molecule has 1 N–H and O–H groups in total. The maximum atomic E-state index is 5.67. The standard InChI is InChI=1S/C17H13N3O5/c1-2-11(15-13(3-1)22-9-24-15)7-18-17-20-19-16(25-17)10-4-5-12-14(6-10)23-8-21-12/h1-6H,7-9H2,(H,18,20). The SMILES string of the molecule is c1cc(CNc2nnc(-c3ccc4c(c3)OCO4)o2)c2c(c1)OCO2. The summed E-state index contributed by atoms with van der Waals surface area (Å²) in [5.74, 6) is 3.26.